The quantitative estimate of drug-likeness (QED) is 0.670. The molecule has 0 saturated heterocycles. The van der Waals surface area contributed by atoms with Gasteiger partial charge in [-0.1, -0.05) is 12.8 Å². The summed E-state index contributed by atoms with van der Waals surface area (Å²) in [6, 6.07) is 0. The summed E-state index contributed by atoms with van der Waals surface area (Å²) in [4.78, 5) is 11.1. The first-order valence-electron chi connectivity index (χ1n) is 5.59. The molecule has 6 nitrogen and oxygen atoms in total. The molecule has 0 aromatic carbocycles. The molecule has 7 heteroatoms. The molecule has 0 heterocycles. The van der Waals surface area contributed by atoms with Crippen molar-refractivity contribution in [1.29, 1.82) is 0 Å². The number of aliphatic hydroxyl groups is 1. The smallest absolute Gasteiger partial charge is 0.325 e. The van der Waals surface area contributed by atoms with Crippen LogP contribution in [0.15, 0.2) is 0 Å². The number of rotatable bonds is 5. The van der Waals surface area contributed by atoms with Gasteiger partial charge in [0.25, 0.3) is 0 Å². The highest BCUT2D eigenvalue weighted by Crippen LogP contribution is 2.28. The molecule has 2 N–H and O–H groups in total. The van der Waals surface area contributed by atoms with E-state index in [1.54, 1.807) is 0 Å². The Morgan fingerprint density at radius 1 is 1.47 bits per heavy atom. The molecule has 1 unspecified atom stereocenters. The highest BCUT2D eigenvalue weighted by atomic mass is 32.2. The molecule has 100 valence electrons. The fraction of sp³-hybridized carbons (Fsp3) is 0.900. The van der Waals surface area contributed by atoms with Crippen LogP contribution in [-0.2, 0) is 19.6 Å². The van der Waals surface area contributed by atoms with Crippen molar-refractivity contribution in [2.75, 3.05) is 13.7 Å². The summed E-state index contributed by atoms with van der Waals surface area (Å²) in [6.07, 6.45) is 2.96. The van der Waals surface area contributed by atoms with E-state index in [4.69, 9.17) is 0 Å². The molecule has 0 spiro atoms. The monoisotopic (exact) mass is 265 g/mol. The van der Waals surface area contributed by atoms with Crippen molar-refractivity contribution in [3.8, 4) is 0 Å². The van der Waals surface area contributed by atoms with Crippen molar-refractivity contribution in [2.45, 2.75) is 43.5 Å². The maximum absolute atomic E-state index is 11.7. The number of sulfonamides is 1. The molecule has 1 atom stereocenters. The Labute approximate surface area is 101 Å². The molecule has 0 aromatic rings. The van der Waals surface area contributed by atoms with Crippen LogP contribution in [0.3, 0.4) is 0 Å². The standard InChI is InChI=1S/C10H19NO5S/c1-8(9(12)16-2)17(14,15)11-7-10(13)5-3-4-6-10/h8,11,13H,3-7H2,1-2H3. The third-order valence-corrected chi connectivity index (χ3v) is 4.81. The molecule has 1 saturated carbocycles. The number of carbonyl (C=O) groups is 1. The Kier molecular flexibility index (Phi) is 4.51. The van der Waals surface area contributed by atoms with Gasteiger partial charge in [-0.05, 0) is 19.8 Å². The fourth-order valence-electron chi connectivity index (χ4n) is 1.86. The first kappa shape index (κ1) is 14.4. The molecular weight excluding hydrogens is 246 g/mol. The van der Waals surface area contributed by atoms with Crippen LogP contribution in [0.4, 0.5) is 0 Å². The summed E-state index contributed by atoms with van der Waals surface area (Å²) in [5.41, 5.74) is -0.969. The van der Waals surface area contributed by atoms with E-state index in [0.29, 0.717) is 12.8 Å². The normalized spacial score (nSPS) is 21.1. The molecule has 0 aliphatic heterocycles. The van der Waals surface area contributed by atoms with Crippen molar-refractivity contribution in [3.05, 3.63) is 0 Å². The highest BCUT2D eigenvalue weighted by Gasteiger charge is 2.35. The van der Waals surface area contributed by atoms with E-state index < -0.39 is 26.8 Å². The number of ether oxygens (including phenoxy) is 1. The van der Waals surface area contributed by atoms with E-state index in [1.165, 1.54) is 6.92 Å². The third kappa shape index (κ3) is 3.65. The van der Waals surface area contributed by atoms with Crippen molar-refractivity contribution in [3.63, 3.8) is 0 Å². The lowest BCUT2D eigenvalue weighted by molar-refractivity contribution is -0.139. The second-order valence-electron chi connectivity index (χ2n) is 4.46. The van der Waals surface area contributed by atoms with Gasteiger partial charge in [0, 0.05) is 6.54 Å². The predicted molar refractivity (Wildman–Crippen MR) is 61.8 cm³/mol. The van der Waals surface area contributed by atoms with Crippen LogP contribution in [0.25, 0.3) is 0 Å². The van der Waals surface area contributed by atoms with Crippen LogP contribution in [0.2, 0.25) is 0 Å². The minimum absolute atomic E-state index is 0.0450. The van der Waals surface area contributed by atoms with Gasteiger partial charge >= 0.3 is 5.97 Å². The SMILES string of the molecule is COC(=O)C(C)S(=O)(=O)NCC1(O)CCCC1. The van der Waals surface area contributed by atoms with Crippen LogP contribution >= 0.6 is 0 Å². The van der Waals surface area contributed by atoms with E-state index in [9.17, 15) is 18.3 Å². The molecular formula is C10H19NO5S. The average Bonchev–Trinajstić information content (AvgIpc) is 2.72. The van der Waals surface area contributed by atoms with E-state index in [1.807, 2.05) is 0 Å². The Morgan fingerprint density at radius 2 is 2.00 bits per heavy atom. The minimum atomic E-state index is -3.78. The minimum Gasteiger partial charge on any atom is -0.468 e. The Bertz CT molecular complexity index is 372. The Balaban J connectivity index is 2.58. The molecule has 1 aliphatic carbocycles. The summed E-state index contributed by atoms with van der Waals surface area (Å²) in [6.45, 7) is 1.21. The molecule has 0 aromatic heterocycles. The zero-order valence-corrected chi connectivity index (χ0v) is 10.9. The lowest BCUT2D eigenvalue weighted by Crippen LogP contribution is -2.45. The van der Waals surface area contributed by atoms with Gasteiger partial charge in [0.1, 0.15) is 0 Å². The van der Waals surface area contributed by atoms with Gasteiger partial charge < -0.3 is 9.84 Å². The van der Waals surface area contributed by atoms with Crippen molar-refractivity contribution < 1.29 is 23.1 Å². The number of nitrogens with one attached hydrogen (secondary N) is 1. The van der Waals surface area contributed by atoms with Gasteiger partial charge in [-0.3, -0.25) is 4.79 Å². The van der Waals surface area contributed by atoms with Gasteiger partial charge in [-0.25, -0.2) is 13.1 Å². The predicted octanol–water partition coefficient (Wildman–Crippen LogP) is -0.228. The van der Waals surface area contributed by atoms with Gasteiger partial charge in [-0.15, -0.1) is 0 Å². The second-order valence-corrected chi connectivity index (χ2v) is 6.55. The maximum Gasteiger partial charge on any atom is 0.325 e. The zero-order chi connectivity index (χ0) is 13.1. The van der Waals surface area contributed by atoms with Gasteiger partial charge in [0.2, 0.25) is 10.0 Å². The maximum atomic E-state index is 11.7. The molecule has 1 fully saturated rings. The fourth-order valence-corrected chi connectivity index (χ4v) is 2.93. The highest BCUT2D eigenvalue weighted by molar-refractivity contribution is 7.90. The number of hydrogen-bond acceptors (Lipinski definition) is 5. The summed E-state index contributed by atoms with van der Waals surface area (Å²) in [7, 11) is -2.64. The number of hydrogen-bond donors (Lipinski definition) is 2. The first-order valence-corrected chi connectivity index (χ1v) is 7.14. The lowest BCUT2D eigenvalue weighted by Gasteiger charge is -2.23. The topological polar surface area (TPSA) is 92.7 Å². The largest absolute Gasteiger partial charge is 0.468 e. The van der Waals surface area contributed by atoms with Gasteiger partial charge in [-0.2, -0.15) is 0 Å². The van der Waals surface area contributed by atoms with E-state index in [2.05, 4.69) is 9.46 Å². The average molecular weight is 265 g/mol. The first-order chi connectivity index (χ1) is 7.81. The van der Waals surface area contributed by atoms with Crippen LogP contribution < -0.4 is 4.72 Å². The van der Waals surface area contributed by atoms with Crippen molar-refractivity contribution >= 4 is 16.0 Å². The molecule has 0 bridgehead atoms. The van der Waals surface area contributed by atoms with Crippen LogP contribution in [0.1, 0.15) is 32.6 Å². The van der Waals surface area contributed by atoms with Gasteiger partial charge in [0.15, 0.2) is 5.25 Å². The van der Waals surface area contributed by atoms with Crippen LogP contribution in [0.5, 0.6) is 0 Å². The molecule has 0 radical (unpaired) electrons. The Hall–Kier alpha value is -0.660. The third-order valence-electron chi connectivity index (χ3n) is 3.14. The molecule has 1 aliphatic rings. The summed E-state index contributed by atoms with van der Waals surface area (Å²) >= 11 is 0. The van der Waals surface area contributed by atoms with Crippen LogP contribution in [0, 0.1) is 0 Å². The molecule has 0 amide bonds. The molecule has 1 rings (SSSR count). The summed E-state index contributed by atoms with van der Waals surface area (Å²) < 4.78 is 30.1. The van der Waals surface area contributed by atoms with Crippen molar-refractivity contribution in [2.24, 2.45) is 0 Å². The summed E-state index contributed by atoms with van der Waals surface area (Å²) in [5.74, 6) is -0.809. The van der Waals surface area contributed by atoms with E-state index in [0.717, 1.165) is 20.0 Å². The van der Waals surface area contributed by atoms with E-state index in [-0.39, 0.29) is 6.54 Å². The summed E-state index contributed by atoms with van der Waals surface area (Å²) in [5, 5.41) is 8.72. The van der Waals surface area contributed by atoms with E-state index >= 15 is 0 Å². The lowest BCUT2D eigenvalue weighted by atomic mass is 10.0. The Morgan fingerprint density at radius 3 is 2.47 bits per heavy atom. The number of esters is 1. The zero-order valence-electron chi connectivity index (χ0n) is 10.1. The van der Waals surface area contributed by atoms with Crippen LogP contribution in [-0.4, -0.2) is 44.0 Å². The number of carbonyl (C=O) groups excluding carboxylic acids is 1. The second kappa shape index (κ2) is 5.32. The van der Waals surface area contributed by atoms with Crippen molar-refractivity contribution in [1.82, 2.24) is 4.72 Å². The van der Waals surface area contributed by atoms with Gasteiger partial charge in [0.05, 0.1) is 12.7 Å². The number of methoxy groups -OCH3 is 1. The molecule has 17 heavy (non-hydrogen) atoms.